The summed E-state index contributed by atoms with van der Waals surface area (Å²) in [6.07, 6.45) is 0. The Balaban J connectivity index is 1.75. The van der Waals surface area contributed by atoms with Gasteiger partial charge in [-0.3, -0.25) is 4.79 Å². The molecule has 8 nitrogen and oxygen atoms in total. The molecule has 2 aromatic heterocycles. The number of carbonyl (C=O) groups is 1. The van der Waals surface area contributed by atoms with Crippen molar-refractivity contribution in [1.29, 1.82) is 5.26 Å². The number of anilines is 1. The van der Waals surface area contributed by atoms with Gasteiger partial charge in [0.25, 0.3) is 5.91 Å². The van der Waals surface area contributed by atoms with Gasteiger partial charge in [-0.25, -0.2) is 0 Å². The summed E-state index contributed by atoms with van der Waals surface area (Å²) in [5.74, 6) is 0.0113. The van der Waals surface area contributed by atoms with E-state index in [9.17, 15) is 4.79 Å². The Morgan fingerprint density at radius 1 is 1.30 bits per heavy atom. The second-order valence-corrected chi connectivity index (χ2v) is 6.68. The maximum absolute atomic E-state index is 12.9. The molecule has 0 aliphatic heterocycles. The molecule has 4 aromatic rings. The largest absolute Gasteiger partial charge is 0.339 e. The molecule has 0 aliphatic rings. The lowest BCUT2D eigenvalue weighted by Crippen LogP contribution is -2.16. The summed E-state index contributed by atoms with van der Waals surface area (Å²) in [5.41, 5.74) is 2.86. The number of halogens is 1. The van der Waals surface area contributed by atoms with E-state index in [1.807, 2.05) is 35.9 Å². The lowest BCUT2D eigenvalue weighted by atomic mass is 10.1. The molecule has 4 rings (SSSR count). The fraction of sp³-hybridized carbons (Fsp3) is 0.0556. The predicted molar refractivity (Wildman–Crippen MR) is 103 cm³/mol. The highest BCUT2D eigenvalue weighted by molar-refractivity contribution is 9.10. The minimum atomic E-state index is -0.282. The molecule has 0 aliphatic carbocycles. The summed E-state index contributed by atoms with van der Waals surface area (Å²) in [6.45, 7) is 0. The van der Waals surface area contributed by atoms with Crippen molar-refractivity contribution in [2.75, 3.05) is 5.32 Å². The number of aromatic nitrogens is 5. The minimum absolute atomic E-state index is 0.282. The number of tetrazole rings is 1. The first-order chi connectivity index (χ1) is 13.1. The Hall–Kier alpha value is -3.51. The van der Waals surface area contributed by atoms with Crippen molar-refractivity contribution in [2.45, 2.75) is 0 Å². The van der Waals surface area contributed by atoms with E-state index in [1.165, 1.54) is 0 Å². The summed E-state index contributed by atoms with van der Waals surface area (Å²) in [5, 5.41) is 26.8. The van der Waals surface area contributed by atoms with Crippen molar-refractivity contribution in [2.24, 2.45) is 7.05 Å². The highest BCUT2D eigenvalue weighted by atomic mass is 79.9. The molecule has 2 N–H and O–H groups in total. The van der Waals surface area contributed by atoms with E-state index in [0.717, 1.165) is 15.4 Å². The number of para-hydroxylation sites is 1. The van der Waals surface area contributed by atoms with Crippen LogP contribution in [0.25, 0.3) is 22.3 Å². The van der Waals surface area contributed by atoms with Gasteiger partial charge in [-0.05, 0) is 51.5 Å². The van der Waals surface area contributed by atoms with Gasteiger partial charge in [0.15, 0.2) is 0 Å². The van der Waals surface area contributed by atoms with Crippen LogP contribution in [0.15, 0.2) is 46.9 Å². The van der Waals surface area contributed by atoms with Crippen molar-refractivity contribution in [3.63, 3.8) is 0 Å². The molecule has 27 heavy (non-hydrogen) atoms. The Morgan fingerprint density at radius 2 is 2.15 bits per heavy atom. The first-order valence-electron chi connectivity index (χ1n) is 7.91. The van der Waals surface area contributed by atoms with E-state index >= 15 is 0 Å². The topological polar surface area (TPSA) is 112 Å². The number of nitrogens with one attached hydrogen (secondary N) is 2. The van der Waals surface area contributed by atoms with Crippen LogP contribution < -0.4 is 5.32 Å². The van der Waals surface area contributed by atoms with E-state index in [2.05, 4.69) is 47.9 Å². The zero-order valence-electron chi connectivity index (χ0n) is 14.1. The zero-order chi connectivity index (χ0) is 19.0. The molecule has 1 amide bonds. The monoisotopic (exact) mass is 421 g/mol. The van der Waals surface area contributed by atoms with Crippen LogP contribution in [0, 0.1) is 11.3 Å². The molecular weight excluding hydrogens is 410 g/mol. The van der Waals surface area contributed by atoms with Crippen LogP contribution in [0.3, 0.4) is 0 Å². The molecule has 2 aromatic carbocycles. The Kier molecular flexibility index (Phi) is 4.18. The minimum Gasteiger partial charge on any atom is -0.339 e. The van der Waals surface area contributed by atoms with E-state index in [-0.39, 0.29) is 5.91 Å². The predicted octanol–water partition coefficient (Wildman–Crippen LogP) is 3.24. The molecule has 9 heteroatoms. The van der Waals surface area contributed by atoms with Gasteiger partial charge in [-0.15, -0.1) is 10.2 Å². The van der Waals surface area contributed by atoms with Crippen molar-refractivity contribution < 1.29 is 4.79 Å². The van der Waals surface area contributed by atoms with Crippen LogP contribution in [0.2, 0.25) is 0 Å². The van der Waals surface area contributed by atoms with Gasteiger partial charge in [0.05, 0.1) is 22.8 Å². The number of aryl methyl sites for hydroxylation is 1. The first kappa shape index (κ1) is 16.9. The molecule has 0 atom stereocenters. The molecule has 2 heterocycles. The fourth-order valence-corrected chi connectivity index (χ4v) is 3.60. The second-order valence-electron chi connectivity index (χ2n) is 5.83. The molecule has 0 fully saturated rings. The third kappa shape index (κ3) is 2.96. The Bertz CT molecular complexity index is 1200. The average molecular weight is 422 g/mol. The smallest absolute Gasteiger partial charge is 0.272 e. The van der Waals surface area contributed by atoms with E-state index in [0.29, 0.717) is 28.3 Å². The van der Waals surface area contributed by atoms with Gasteiger partial charge in [0, 0.05) is 22.5 Å². The van der Waals surface area contributed by atoms with Crippen LogP contribution in [0.5, 0.6) is 0 Å². The molecular formula is C18H12BrN7O. The number of hydrogen-bond donors (Lipinski definition) is 2. The van der Waals surface area contributed by atoms with Gasteiger partial charge >= 0.3 is 0 Å². The maximum Gasteiger partial charge on any atom is 0.272 e. The normalized spacial score (nSPS) is 10.7. The zero-order valence-corrected chi connectivity index (χ0v) is 15.6. The van der Waals surface area contributed by atoms with Gasteiger partial charge in [0.1, 0.15) is 5.69 Å². The van der Waals surface area contributed by atoms with Crippen molar-refractivity contribution in [1.82, 2.24) is 25.2 Å². The fourth-order valence-electron chi connectivity index (χ4n) is 2.95. The van der Waals surface area contributed by atoms with Crippen molar-refractivity contribution in [3.05, 3.63) is 58.2 Å². The van der Waals surface area contributed by atoms with Crippen LogP contribution >= 0.6 is 15.9 Å². The van der Waals surface area contributed by atoms with Crippen LogP contribution in [-0.4, -0.2) is 31.1 Å². The summed E-state index contributed by atoms with van der Waals surface area (Å²) in [4.78, 5) is 12.9. The number of amides is 1. The highest BCUT2D eigenvalue weighted by Gasteiger charge is 2.18. The van der Waals surface area contributed by atoms with Crippen LogP contribution in [0.1, 0.15) is 16.1 Å². The average Bonchev–Trinajstić information content (AvgIpc) is 3.31. The summed E-state index contributed by atoms with van der Waals surface area (Å²) < 4.78 is 2.74. The van der Waals surface area contributed by atoms with Crippen molar-refractivity contribution in [3.8, 4) is 17.5 Å². The quantitative estimate of drug-likeness (QED) is 0.527. The summed E-state index contributed by atoms with van der Waals surface area (Å²) in [6, 6.07) is 14.6. The number of fused-ring (bicyclic) bond motifs is 1. The Morgan fingerprint density at radius 3 is 2.85 bits per heavy atom. The number of aromatic amines is 1. The lowest BCUT2D eigenvalue weighted by molar-refractivity contribution is 0.102. The van der Waals surface area contributed by atoms with Crippen molar-refractivity contribution >= 4 is 38.4 Å². The molecule has 0 radical (unpaired) electrons. The molecule has 0 saturated heterocycles. The molecule has 0 saturated carbocycles. The lowest BCUT2D eigenvalue weighted by Gasteiger charge is -2.10. The van der Waals surface area contributed by atoms with Crippen LogP contribution in [0.4, 0.5) is 5.69 Å². The van der Waals surface area contributed by atoms with Gasteiger partial charge in [-0.1, -0.05) is 12.1 Å². The number of hydrogen-bond acceptors (Lipinski definition) is 5. The molecule has 0 spiro atoms. The molecule has 132 valence electrons. The third-order valence-corrected chi connectivity index (χ3v) is 4.86. The van der Waals surface area contributed by atoms with Gasteiger partial charge in [0.2, 0.25) is 5.82 Å². The summed E-state index contributed by atoms with van der Waals surface area (Å²) in [7, 11) is 1.83. The maximum atomic E-state index is 12.9. The standard InChI is InChI=1S/C18H12BrN7O/c1-26-15(8-11-3-2-4-13(19)16(11)26)18(27)21-14-6-5-10(9-20)7-12(14)17-22-24-25-23-17/h2-8H,1H3,(H,21,27)(H,22,23,24,25). The number of rotatable bonds is 3. The first-order valence-corrected chi connectivity index (χ1v) is 8.71. The number of H-pyrrole nitrogens is 1. The number of nitriles is 1. The van der Waals surface area contributed by atoms with E-state index < -0.39 is 0 Å². The van der Waals surface area contributed by atoms with Crippen LogP contribution in [-0.2, 0) is 7.05 Å². The van der Waals surface area contributed by atoms with Gasteiger partial charge < -0.3 is 9.88 Å². The molecule has 0 bridgehead atoms. The van der Waals surface area contributed by atoms with E-state index in [4.69, 9.17) is 5.26 Å². The number of benzene rings is 2. The SMILES string of the molecule is Cn1c(C(=O)Nc2ccc(C#N)cc2-c2nn[nH]n2)cc2cccc(Br)c21. The number of carbonyl (C=O) groups excluding carboxylic acids is 1. The summed E-state index contributed by atoms with van der Waals surface area (Å²) >= 11 is 3.52. The van der Waals surface area contributed by atoms with Gasteiger partial charge in [-0.2, -0.15) is 10.5 Å². The van der Waals surface area contributed by atoms with E-state index in [1.54, 1.807) is 18.2 Å². The molecule has 0 unspecified atom stereocenters. The Labute approximate surface area is 161 Å². The third-order valence-electron chi connectivity index (χ3n) is 4.22. The second kappa shape index (κ2) is 6.66. The highest BCUT2D eigenvalue weighted by Crippen LogP contribution is 2.29. The number of nitrogens with zero attached hydrogens (tertiary/aromatic N) is 5.